The fourth-order valence-corrected chi connectivity index (χ4v) is 5.14. The number of rotatable bonds is 11. The topological polar surface area (TPSA) is 75.9 Å². The second-order valence-corrected chi connectivity index (χ2v) is 9.98. The first-order chi connectivity index (χ1) is 15.6. The molecule has 3 heterocycles. The predicted molar refractivity (Wildman–Crippen MR) is 132 cm³/mol. The summed E-state index contributed by atoms with van der Waals surface area (Å²) in [5, 5.41) is 7.21. The summed E-state index contributed by atoms with van der Waals surface area (Å²) in [6.07, 6.45) is 13.4. The lowest BCUT2D eigenvalue weighted by Crippen LogP contribution is -2.28. The van der Waals surface area contributed by atoms with E-state index in [2.05, 4.69) is 34.3 Å². The minimum atomic E-state index is 0.0742. The predicted octanol–water partition coefficient (Wildman–Crippen LogP) is 4.49. The molecule has 1 aliphatic carbocycles. The Hall–Kier alpha value is -2.32. The normalized spacial score (nSPS) is 14.6. The summed E-state index contributed by atoms with van der Waals surface area (Å²) < 4.78 is 1.94. The zero-order valence-electron chi connectivity index (χ0n) is 19.2. The molecule has 0 bridgehead atoms. The van der Waals surface area contributed by atoms with Crippen LogP contribution in [0.5, 0.6) is 0 Å². The molecule has 32 heavy (non-hydrogen) atoms. The molecule has 0 aromatic carbocycles. The van der Waals surface area contributed by atoms with Crippen LogP contribution in [0.3, 0.4) is 0 Å². The van der Waals surface area contributed by atoms with Gasteiger partial charge in [-0.25, -0.2) is 9.97 Å². The lowest BCUT2D eigenvalue weighted by Gasteiger charge is -2.18. The standard InChI is InChI=1S/C24H34N6OS/c1-29(2)13-8-4-3-7-11-26-24-27-17-19-15-18(16-21-25-12-14-32-21)23(31)30(22(19)28-24)20-9-5-6-10-20/h12,14-15,17,20H,3-11,13,16H2,1-2H3,(H,26,27,28). The van der Waals surface area contributed by atoms with Gasteiger partial charge in [-0.2, -0.15) is 4.98 Å². The molecular formula is C24H34N6OS. The first-order valence-electron chi connectivity index (χ1n) is 11.8. The van der Waals surface area contributed by atoms with Gasteiger partial charge in [-0.3, -0.25) is 9.36 Å². The molecule has 0 unspecified atom stereocenters. The maximum absolute atomic E-state index is 13.5. The van der Waals surface area contributed by atoms with Gasteiger partial charge >= 0.3 is 0 Å². The third-order valence-corrected chi connectivity index (χ3v) is 6.96. The van der Waals surface area contributed by atoms with Gasteiger partial charge in [0, 0.05) is 47.7 Å². The number of fused-ring (bicyclic) bond motifs is 1. The molecule has 0 saturated heterocycles. The molecule has 3 aromatic heterocycles. The minimum absolute atomic E-state index is 0.0742. The Morgan fingerprint density at radius 1 is 1.16 bits per heavy atom. The van der Waals surface area contributed by atoms with Gasteiger partial charge in [0.1, 0.15) is 5.65 Å². The number of pyridine rings is 1. The van der Waals surface area contributed by atoms with E-state index in [1.165, 1.54) is 32.1 Å². The third kappa shape index (κ3) is 5.72. The van der Waals surface area contributed by atoms with Gasteiger partial charge in [-0.15, -0.1) is 11.3 Å². The fourth-order valence-electron chi connectivity index (χ4n) is 4.50. The summed E-state index contributed by atoms with van der Waals surface area (Å²) >= 11 is 1.59. The molecule has 0 amide bonds. The quantitative estimate of drug-likeness (QED) is 0.430. The fraction of sp³-hybridized carbons (Fsp3) is 0.583. The number of hydrogen-bond acceptors (Lipinski definition) is 7. The zero-order valence-corrected chi connectivity index (χ0v) is 20.0. The summed E-state index contributed by atoms with van der Waals surface area (Å²) in [4.78, 5) is 29.4. The van der Waals surface area contributed by atoms with E-state index in [4.69, 9.17) is 4.98 Å². The number of unbranched alkanes of at least 4 members (excludes halogenated alkanes) is 3. The number of nitrogens with zero attached hydrogens (tertiary/aromatic N) is 5. The van der Waals surface area contributed by atoms with Gasteiger partial charge in [0.15, 0.2) is 0 Å². The van der Waals surface area contributed by atoms with Crippen molar-refractivity contribution in [2.45, 2.75) is 63.8 Å². The first kappa shape index (κ1) is 22.9. The molecule has 1 N–H and O–H groups in total. The van der Waals surface area contributed by atoms with Crippen molar-refractivity contribution in [1.29, 1.82) is 0 Å². The average molecular weight is 455 g/mol. The van der Waals surface area contributed by atoms with Gasteiger partial charge in [0.05, 0.1) is 5.01 Å². The zero-order chi connectivity index (χ0) is 22.3. The highest BCUT2D eigenvalue weighted by atomic mass is 32.1. The van der Waals surface area contributed by atoms with Crippen molar-refractivity contribution in [1.82, 2.24) is 24.4 Å². The van der Waals surface area contributed by atoms with Crippen molar-refractivity contribution in [3.63, 3.8) is 0 Å². The summed E-state index contributed by atoms with van der Waals surface area (Å²) in [6.45, 7) is 1.99. The number of anilines is 1. The van der Waals surface area contributed by atoms with Crippen LogP contribution >= 0.6 is 11.3 Å². The summed E-state index contributed by atoms with van der Waals surface area (Å²) in [5.41, 5.74) is 1.61. The Balaban J connectivity index is 1.51. The molecule has 4 rings (SSSR count). The van der Waals surface area contributed by atoms with E-state index in [1.807, 2.05) is 22.2 Å². The highest BCUT2D eigenvalue weighted by Gasteiger charge is 2.23. The van der Waals surface area contributed by atoms with Crippen LogP contribution in [0.15, 0.2) is 28.6 Å². The number of thiazole rings is 1. The largest absolute Gasteiger partial charge is 0.354 e. The van der Waals surface area contributed by atoms with Crippen LogP contribution in [0, 0.1) is 0 Å². The second kappa shape index (κ2) is 11.0. The Morgan fingerprint density at radius 3 is 2.72 bits per heavy atom. The molecule has 0 radical (unpaired) electrons. The van der Waals surface area contributed by atoms with E-state index >= 15 is 0 Å². The minimum Gasteiger partial charge on any atom is -0.354 e. The Bertz CT molecular complexity index is 1060. The smallest absolute Gasteiger partial charge is 0.256 e. The van der Waals surface area contributed by atoms with Crippen molar-refractivity contribution >= 4 is 28.3 Å². The van der Waals surface area contributed by atoms with Crippen LogP contribution in [-0.2, 0) is 6.42 Å². The second-order valence-electron chi connectivity index (χ2n) is 9.00. The molecule has 8 heteroatoms. The maximum Gasteiger partial charge on any atom is 0.256 e. The molecule has 1 fully saturated rings. The maximum atomic E-state index is 13.5. The molecule has 1 aliphatic rings. The Kier molecular flexibility index (Phi) is 7.86. The van der Waals surface area contributed by atoms with E-state index in [-0.39, 0.29) is 11.6 Å². The molecule has 172 valence electrons. The van der Waals surface area contributed by atoms with Crippen molar-refractivity contribution in [2.24, 2.45) is 0 Å². The summed E-state index contributed by atoms with van der Waals surface area (Å²) in [5.74, 6) is 0.615. The molecule has 1 saturated carbocycles. The van der Waals surface area contributed by atoms with E-state index < -0.39 is 0 Å². The summed E-state index contributed by atoms with van der Waals surface area (Å²) in [7, 11) is 4.23. The van der Waals surface area contributed by atoms with Gasteiger partial charge in [0.2, 0.25) is 5.95 Å². The Labute approximate surface area is 193 Å². The lowest BCUT2D eigenvalue weighted by atomic mass is 10.1. The van der Waals surface area contributed by atoms with E-state index in [0.29, 0.717) is 12.4 Å². The molecule has 7 nitrogen and oxygen atoms in total. The lowest BCUT2D eigenvalue weighted by molar-refractivity contribution is 0.391. The molecule has 0 aliphatic heterocycles. The third-order valence-electron chi connectivity index (χ3n) is 6.18. The van der Waals surface area contributed by atoms with Crippen molar-refractivity contribution < 1.29 is 0 Å². The first-order valence-corrected chi connectivity index (χ1v) is 12.7. The molecular weight excluding hydrogens is 420 g/mol. The van der Waals surface area contributed by atoms with E-state index in [0.717, 1.165) is 54.0 Å². The average Bonchev–Trinajstić information content (AvgIpc) is 3.48. The van der Waals surface area contributed by atoms with Crippen LogP contribution in [-0.4, -0.2) is 51.6 Å². The van der Waals surface area contributed by atoms with Crippen LogP contribution < -0.4 is 10.9 Å². The van der Waals surface area contributed by atoms with Crippen molar-refractivity contribution in [3.8, 4) is 0 Å². The van der Waals surface area contributed by atoms with Crippen molar-refractivity contribution in [2.75, 3.05) is 32.5 Å². The summed E-state index contributed by atoms with van der Waals surface area (Å²) in [6, 6.07) is 2.18. The SMILES string of the molecule is CN(C)CCCCCCNc1ncc2cc(Cc3nccs3)c(=O)n(C3CCCC3)c2n1. The van der Waals surface area contributed by atoms with Crippen LogP contribution in [0.4, 0.5) is 5.95 Å². The van der Waals surface area contributed by atoms with Gasteiger partial charge in [-0.1, -0.05) is 25.7 Å². The van der Waals surface area contributed by atoms with Gasteiger partial charge in [-0.05, 0) is 52.4 Å². The van der Waals surface area contributed by atoms with Crippen LogP contribution in [0.2, 0.25) is 0 Å². The van der Waals surface area contributed by atoms with Crippen LogP contribution in [0.1, 0.15) is 68.0 Å². The van der Waals surface area contributed by atoms with Crippen LogP contribution in [0.25, 0.3) is 11.0 Å². The molecule has 0 spiro atoms. The molecule has 0 atom stereocenters. The number of aromatic nitrogens is 4. The number of nitrogens with one attached hydrogen (secondary N) is 1. The van der Waals surface area contributed by atoms with Crippen molar-refractivity contribution in [3.05, 3.63) is 44.8 Å². The highest BCUT2D eigenvalue weighted by molar-refractivity contribution is 7.09. The molecule has 3 aromatic rings. The highest BCUT2D eigenvalue weighted by Crippen LogP contribution is 2.31. The van der Waals surface area contributed by atoms with E-state index in [9.17, 15) is 4.79 Å². The van der Waals surface area contributed by atoms with Gasteiger partial charge < -0.3 is 10.2 Å². The van der Waals surface area contributed by atoms with Gasteiger partial charge in [0.25, 0.3) is 5.56 Å². The Morgan fingerprint density at radius 2 is 1.97 bits per heavy atom. The monoisotopic (exact) mass is 454 g/mol. The van der Waals surface area contributed by atoms with E-state index in [1.54, 1.807) is 17.5 Å². The number of hydrogen-bond donors (Lipinski definition) is 1.